The molecule has 10 heteroatoms. The molecule has 32 heavy (non-hydrogen) atoms. The van der Waals surface area contributed by atoms with Crippen molar-refractivity contribution < 1.29 is 17.9 Å². The third kappa shape index (κ3) is 5.42. The zero-order valence-electron chi connectivity index (χ0n) is 18.1. The van der Waals surface area contributed by atoms with Crippen LogP contribution in [-0.2, 0) is 9.84 Å². The standard InChI is InChI=1S/C22H25N5O4S/c1-14(2)26-18-10-16(21(28)27-22(3)12-32(29,30)13-22)11-25-20(18)19(24)15-5-4-6-17(9-15)31-8-7-23/h4-6,9-11,14,24,26H,8,12-13H2,1-3H3,(H,27,28). The second-order valence-corrected chi connectivity index (χ2v) is 10.4. The van der Waals surface area contributed by atoms with Gasteiger partial charge in [0, 0.05) is 17.8 Å². The topological polar surface area (TPSA) is 145 Å². The normalized spacial score (nSPS) is 15.8. The van der Waals surface area contributed by atoms with Crippen LogP contribution in [-0.4, -0.2) is 54.7 Å². The molecule has 0 unspecified atom stereocenters. The van der Waals surface area contributed by atoms with Crippen LogP contribution < -0.4 is 15.4 Å². The Kier molecular flexibility index (Phi) is 6.50. The van der Waals surface area contributed by atoms with Crippen molar-refractivity contribution in [2.75, 3.05) is 23.4 Å². The minimum atomic E-state index is -3.10. The van der Waals surface area contributed by atoms with E-state index < -0.39 is 21.3 Å². The number of nitrogens with one attached hydrogen (secondary N) is 3. The fourth-order valence-corrected chi connectivity index (χ4v) is 5.55. The predicted molar refractivity (Wildman–Crippen MR) is 121 cm³/mol. The van der Waals surface area contributed by atoms with E-state index in [1.165, 1.54) is 6.20 Å². The molecule has 3 rings (SSSR count). The molecule has 1 fully saturated rings. The molecule has 9 nitrogen and oxygen atoms in total. The van der Waals surface area contributed by atoms with E-state index in [-0.39, 0.29) is 35.4 Å². The number of benzene rings is 1. The van der Waals surface area contributed by atoms with E-state index in [0.717, 1.165) is 0 Å². The first kappa shape index (κ1) is 23.2. The van der Waals surface area contributed by atoms with Gasteiger partial charge in [0.1, 0.15) is 17.5 Å². The number of nitrogens with zero attached hydrogens (tertiary/aromatic N) is 2. The Bertz CT molecular complexity index is 1190. The Morgan fingerprint density at radius 1 is 1.31 bits per heavy atom. The van der Waals surface area contributed by atoms with E-state index in [1.54, 1.807) is 37.3 Å². The molecule has 0 bridgehead atoms. The smallest absolute Gasteiger partial charge is 0.253 e. The number of sulfone groups is 1. The second-order valence-electron chi connectivity index (χ2n) is 8.32. The van der Waals surface area contributed by atoms with Crippen molar-refractivity contribution in [3.05, 3.63) is 53.3 Å². The number of aromatic nitrogens is 1. The maximum atomic E-state index is 12.7. The van der Waals surface area contributed by atoms with Gasteiger partial charge in [-0.1, -0.05) is 12.1 Å². The molecule has 2 heterocycles. The number of hydrogen-bond acceptors (Lipinski definition) is 8. The van der Waals surface area contributed by atoms with Crippen molar-refractivity contribution in [1.82, 2.24) is 10.3 Å². The molecule has 0 saturated carbocycles. The number of rotatable bonds is 8. The van der Waals surface area contributed by atoms with Crippen LogP contribution in [0.5, 0.6) is 5.75 Å². The zero-order chi connectivity index (χ0) is 23.5. The predicted octanol–water partition coefficient (Wildman–Crippen LogP) is 2.14. The number of pyridine rings is 1. The number of carbonyl (C=O) groups excluding carboxylic acids is 1. The van der Waals surface area contributed by atoms with Crippen molar-refractivity contribution in [3.8, 4) is 11.8 Å². The van der Waals surface area contributed by atoms with Crippen molar-refractivity contribution >= 4 is 27.1 Å². The summed E-state index contributed by atoms with van der Waals surface area (Å²) >= 11 is 0. The van der Waals surface area contributed by atoms with Crippen LogP contribution in [0, 0.1) is 16.7 Å². The fraction of sp³-hybridized carbons (Fsp3) is 0.364. The maximum Gasteiger partial charge on any atom is 0.253 e. The van der Waals surface area contributed by atoms with Crippen molar-refractivity contribution in [2.24, 2.45) is 0 Å². The molecule has 1 aliphatic heterocycles. The highest BCUT2D eigenvalue weighted by molar-refractivity contribution is 7.93. The SMILES string of the molecule is CC(C)Nc1cc(C(=O)NC2(C)CS(=O)(=O)C2)cnc1C(=N)c1cccc(OCC#N)c1. The maximum absolute atomic E-state index is 12.7. The second kappa shape index (κ2) is 8.96. The summed E-state index contributed by atoms with van der Waals surface area (Å²) in [5.74, 6) is -0.148. The van der Waals surface area contributed by atoms with Gasteiger partial charge < -0.3 is 15.4 Å². The summed E-state index contributed by atoms with van der Waals surface area (Å²) in [5, 5.41) is 23.3. The lowest BCUT2D eigenvalue weighted by Crippen LogP contribution is -2.63. The Hall–Kier alpha value is -3.45. The Morgan fingerprint density at radius 3 is 2.66 bits per heavy atom. The molecule has 0 radical (unpaired) electrons. The van der Waals surface area contributed by atoms with Crippen LogP contribution in [0.15, 0.2) is 36.5 Å². The van der Waals surface area contributed by atoms with Gasteiger partial charge in [0.2, 0.25) is 0 Å². The summed E-state index contributed by atoms with van der Waals surface area (Å²) in [6.07, 6.45) is 1.37. The van der Waals surface area contributed by atoms with Crippen LogP contribution in [0.4, 0.5) is 5.69 Å². The third-order valence-corrected chi connectivity index (χ3v) is 6.90. The lowest BCUT2D eigenvalue weighted by Gasteiger charge is -2.38. The van der Waals surface area contributed by atoms with Crippen LogP contribution in [0.2, 0.25) is 0 Å². The molecule has 0 spiro atoms. The third-order valence-electron chi connectivity index (χ3n) is 4.75. The molecular weight excluding hydrogens is 430 g/mol. The van der Waals surface area contributed by atoms with Gasteiger partial charge in [-0.05, 0) is 39.0 Å². The summed E-state index contributed by atoms with van der Waals surface area (Å²) in [6.45, 7) is 5.45. The van der Waals surface area contributed by atoms with Gasteiger partial charge in [0.25, 0.3) is 5.91 Å². The molecule has 1 aliphatic rings. The molecule has 0 atom stereocenters. The van der Waals surface area contributed by atoms with Gasteiger partial charge in [-0.3, -0.25) is 15.2 Å². The monoisotopic (exact) mass is 455 g/mol. The van der Waals surface area contributed by atoms with E-state index in [2.05, 4.69) is 15.6 Å². The Labute approximate surface area is 187 Å². The molecular formula is C22H25N5O4S. The number of nitriles is 1. The van der Waals surface area contributed by atoms with Gasteiger partial charge in [-0.2, -0.15) is 5.26 Å². The summed E-state index contributed by atoms with van der Waals surface area (Å²) in [5.41, 5.74) is 0.999. The lowest BCUT2D eigenvalue weighted by atomic mass is 10.0. The van der Waals surface area contributed by atoms with Crippen molar-refractivity contribution in [3.63, 3.8) is 0 Å². The molecule has 1 aromatic carbocycles. The highest BCUT2D eigenvalue weighted by Gasteiger charge is 2.45. The Balaban J connectivity index is 1.88. The van der Waals surface area contributed by atoms with Gasteiger partial charge >= 0.3 is 0 Å². The number of carbonyl (C=O) groups is 1. The number of hydrogen-bond donors (Lipinski definition) is 3. The molecule has 2 aromatic rings. The number of ether oxygens (including phenoxy) is 1. The zero-order valence-corrected chi connectivity index (χ0v) is 18.9. The van der Waals surface area contributed by atoms with Gasteiger partial charge in [0.15, 0.2) is 16.4 Å². The van der Waals surface area contributed by atoms with E-state index in [1.807, 2.05) is 19.9 Å². The first-order valence-electron chi connectivity index (χ1n) is 10.0. The first-order chi connectivity index (χ1) is 15.0. The first-order valence-corrected chi connectivity index (χ1v) is 11.8. The summed E-state index contributed by atoms with van der Waals surface area (Å²) in [6, 6.07) is 10.3. The van der Waals surface area contributed by atoms with E-state index in [4.69, 9.17) is 15.4 Å². The molecule has 0 aliphatic carbocycles. The van der Waals surface area contributed by atoms with Crippen LogP contribution in [0.1, 0.15) is 42.4 Å². The average molecular weight is 456 g/mol. The highest BCUT2D eigenvalue weighted by Crippen LogP contribution is 2.25. The molecule has 3 N–H and O–H groups in total. The van der Waals surface area contributed by atoms with Crippen molar-refractivity contribution in [2.45, 2.75) is 32.4 Å². The molecule has 168 valence electrons. The molecule has 1 amide bonds. The molecule has 1 saturated heterocycles. The largest absolute Gasteiger partial charge is 0.479 e. The van der Waals surface area contributed by atoms with E-state index in [9.17, 15) is 13.2 Å². The lowest BCUT2D eigenvalue weighted by molar-refractivity contribution is 0.0916. The van der Waals surface area contributed by atoms with Crippen LogP contribution in [0.25, 0.3) is 0 Å². The fourth-order valence-electron chi connectivity index (χ4n) is 3.55. The summed E-state index contributed by atoms with van der Waals surface area (Å²) in [4.78, 5) is 17.1. The summed E-state index contributed by atoms with van der Waals surface area (Å²) in [7, 11) is -3.10. The van der Waals surface area contributed by atoms with Crippen LogP contribution >= 0.6 is 0 Å². The van der Waals surface area contributed by atoms with Gasteiger partial charge in [-0.25, -0.2) is 8.42 Å². The van der Waals surface area contributed by atoms with Crippen molar-refractivity contribution in [1.29, 1.82) is 10.7 Å². The van der Waals surface area contributed by atoms with Gasteiger partial charge in [0.05, 0.1) is 34.0 Å². The minimum absolute atomic E-state index is 0.0150. The Morgan fingerprint density at radius 2 is 2.03 bits per heavy atom. The van der Waals surface area contributed by atoms with Gasteiger partial charge in [-0.15, -0.1) is 0 Å². The number of anilines is 1. The highest BCUT2D eigenvalue weighted by atomic mass is 32.2. The minimum Gasteiger partial charge on any atom is -0.479 e. The van der Waals surface area contributed by atoms with E-state index in [0.29, 0.717) is 22.7 Å². The van der Waals surface area contributed by atoms with E-state index >= 15 is 0 Å². The molecule has 1 aromatic heterocycles. The average Bonchev–Trinajstić information content (AvgIpc) is 2.69. The van der Waals surface area contributed by atoms with Crippen LogP contribution in [0.3, 0.4) is 0 Å². The number of amides is 1. The quantitative estimate of drug-likeness (QED) is 0.517. The summed E-state index contributed by atoms with van der Waals surface area (Å²) < 4.78 is 28.3.